The van der Waals surface area contributed by atoms with Crippen LogP contribution in [-0.4, -0.2) is 43.3 Å². The van der Waals surface area contributed by atoms with Crippen LogP contribution in [-0.2, 0) is 27.4 Å². The molecule has 0 aromatic heterocycles. The number of non-ortho nitro benzene ring substituents is 1. The number of aliphatic hydroxyl groups is 1. The fraction of sp³-hybridized carbons (Fsp3) is 0.357. The molecule has 3 rings (SSSR count). The SMILES string of the molecule is C[C@@H](O)[C@H]1C(=O)N(C(C(=S)OCc2ccc([N+](=O)[O-])cc2)=C(Oc2ccc(CC#N)cc2)C(=O)C(C)(C)C)[C@H]1Cl. The molecule has 1 saturated heterocycles. The van der Waals surface area contributed by atoms with Gasteiger partial charge >= 0.3 is 0 Å². The molecule has 3 atom stereocenters. The highest BCUT2D eigenvalue weighted by molar-refractivity contribution is 7.80. The average Bonchev–Trinajstić information content (AvgIpc) is 2.89. The summed E-state index contributed by atoms with van der Waals surface area (Å²) in [6, 6.07) is 14.2. The lowest BCUT2D eigenvalue weighted by Crippen LogP contribution is -2.62. The van der Waals surface area contributed by atoms with Gasteiger partial charge in [-0.2, -0.15) is 5.26 Å². The zero-order valence-corrected chi connectivity index (χ0v) is 23.9. The Morgan fingerprint density at radius 2 is 1.77 bits per heavy atom. The summed E-state index contributed by atoms with van der Waals surface area (Å²) in [5.74, 6) is -2.04. The number of allylic oxidation sites excluding steroid dienone is 1. The lowest BCUT2D eigenvalue weighted by Gasteiger charge is -2.46. The summed E-state index contributed by atoms with van der Waals surface area (Å²) in [7, 11) is 0. The predicted octanol–water partition coefficient (Wildman–Crippen LogP) is 4.81. The van der Waals surface area contributed by atoms with Gasteiger partial charge in [-0.15, -0.1) is 0 Å². The van der Waals surface area contributed by atoms with Crippen molar-refractivity contribution < 1.29 is 29.1 Å². The van der Waals surface area contributed by atoms with Crippen LogP contribution in [0.15, 0.2) is 60.0 Å². The first kappa shape index (κ1) is 30.7. The zero-order valence-electron chi connectivity index (χ0n) is 22.3. The first-order valence-electron chi connectivity index (χ1n) is 12.2. The Morgan fingerprint density at radius 3 is 2.25 bits per heavy atom. The molecule has 0 unspecified atom stereocenters. The summed E-state index contributed by atoms with van der Waals surface area (Å²) in [5.41, 5.74) is -1.01. The summed E-state index contributed by atoms with van der Waals surface area (Å²) < 4.78 is 11.8. The molecule has 1 amide bonds. The molecule has 10 nitrogen and oxygen atoms in total. The topological polar surface area (TPSA) is 143 Å². The van der Waals surface area contributed by atoms with Crippen LogP contribution in [0.2, 0.25) is 0 Å². The van der Waals surface area contributed by atoms with E-state index in [4.69, 9.17) is 38.6 Å². The van der Waals surface area contributed by atoms with Gasteiger partial charge in [0, 0.05) is 17.5 Å². The van der Waals surface area contributed by atoms with Crippen molar-refractivity contribution in [3.05, 3.63) is 81.2 Å². The molecule has 0 aliphatic carbocycles. The van der Waals surface area contributed by atoms with Gasteiger partial charge in [0.15, 0.2) is 5.76 Å². The molecule has 1 N–H and O–H groups in total. The zero-order chi connectivity index (χ0) is 29.8. The van der Waals surface area contributed by atoms with Crippen LogP contribution in [0.3, 0.4) is 0 Å². The van der Waals surface area contributed by atoms with Crippen molar-refractivity contribution in [1.82, 2.24) is 4.90 Å². The van der Waals surface area contributed by atoms with Crippen molar-refractivity contribution in [2.24, 2.45) is 11.3 Å². The number of nitrogens with zero attached hydrogens (tertiary/aromatic N) is 3. The molecule has 1 aliphatic rings. The van der Waals surface area contributed by atoms with Gasteiger partial charge < -0.3 is 14.6 Å². The summed E-state index contributed by atoms with van der Waals surface area (Å²) in [4.78, 5) is 38.3. The molecule has 0 bridgehead atoms. The summed E-state index contributed by atoms with van der Waals surface area (Å²) in [5, 5.41) is 29.7. The van der Waals surface area contributed by atoms with Gasteiger partial charge in [0.05, 0.1) is 29.4 Å². The van der Waals surface area contributed by atoms with Crippen molar-refractivity contribution in [2.75, 3.05) is 0 Å². The summed E-state index contributed by atoms with van der Waals surface area (Å²) in [6.07, 6.45) is -0.871. The molecule has 40 heavy (non-hydrogen) atoms. The fourth-order valence-corrected chi connectivity index (χ4v) is 4.57. The molecule has 1 heterocycles. The van der Waals surface area contributed by atoms with Crippen molar-refractivity contribution >= 4 is 46.2 Å². The maximum atomic E-state index is 13.7. The number of nitro groups is 1. The van der Waals surface area contributed by atoms with Crippen LogP contribution in [0, 0.1) is 32.8 Å². The quantitative estimate of drug-likeness (QED) is 0.0607. The molecule has 2 aromatic rings. The Labute approximate surface area is 241 Å². The van der Waals surface area contributed by atoms with E-state index in [1.165, 1.54) is 31.2 Å². The number of amides is 1. The van der Waals surface area contributed by atoms with E-state index in [2.05, 4.69) is 6.07 Å². The van der Waals surface area contributed by atoms with Gasteiger partial charge in [0.25, 0.3) is 5.69 Å². The number of ketones is 1. The Kier molecular flexibility index (Phi) is 9.63. The van der Waals surface area contributed by atoms with E-state index in [-0.39, 0.29) is 41.0 Å². The van der Waals surface area contributed by atoms with Crippen LogP contribution in [0.4, 0.5) is 5.69 Å². The number of halogens is 1. The van der Waals surface area contributed by atoms with Gasteiger partial charge in [-0.1, -0.05) is 44.5 Å². The van der Waals surface area contributed by atoms with Crippen molar-refractivity contribution in [2.45, 2.75) is 52.3 Å². The number of alkyl halides is 1. The number of aliphatic hydroxyl groups excluding tert-OH is 1. The van der Waals surface area contributed by atoms with E-state index in [1.54, 1.807) is 45.0 Å². The number of hydrogen-bond acceptors (Lipinski definition) is 9. The minimum absolute atomic E-state index is 0.0977. The monoisotopic (exact) mass is 585 g/mol. The molecule has 0 saturated carbocycles. The van der Waals surface area contributed by atoms with Crippen LogP contribution < -0.4 is 4.74 Å². The van der Waals surface area contributed by atoms with Gasteiger partial charge in [0.2, 0.25) is 16.7 Å². The predicted molar refractivity (Wildman–Crippen MR) is 150 cm³/mol. The largest absolute Gasteiger partial charge is 0.477 e. The standard InChI is InChI=1S/C28H28ClN3O7S/c1-16(33)21-25(29)31(26(21)35)22(27(40)38-15-18-5-9-19(10-6-18)32(36)37)23(24(34)28(2,3)4)39-20-11-7-17(8-12-20)13-14-30/h5-12,16,21,25,33H,13,15H2,1-4H3/t16-,21-,25-/m1/s1. The molecule has 0 spiro atoms. The van der Waals surface area contributed by atoms with Gasteiger partial charge in [-0.25, -0.2) is 0 Å². The molecular formula is C28H28ClN3O7S. The fourth-order valence-electron chi connectivity index (χ4n) is 3.81. The van der Waals surface area contributed by atoms with Gasteiger partial charge in [-0.3, -0.25) is 24.6 Å². The molecule has 210 valence electrons. The van der Waals surface area contributed by atoms with Crippen LogP contribution >= 0.6 is 23.8 Å². The highest BCUT2D eigenvalue weighted by atomic mass is 35.5. The lowest BCUT2D eigenvalue weighted by molar-refractivity contribution is -0.384. The maximum absolute atomic E-state index is 13.7. The number of ether oxygens (including phenoxy) is 2. The number of nitro benzene ring substituents is 1. The molecule has 12 heteroatoms. The highest BCUT2D eigenvalue weighted by Gasteiger charge is 2.53. The molecule has 1 fully saturated rings. The van der Waals surface area contributed by atoms with E-state index in [9.17, 15) is 24.8 Å². The van der Waals surface area contributed by atoms with Gasteiger partial charge in [-0.05, 0) is 54.5 Å². The minimum atomic E-state index is -1.06. The Balaban J connectivity index is 2.07. The maximum Gasteiger partial charge on any atom is 0.269 e. The summed E-state index contributed by atoms with van der Waals surface area (Å²) >= 11 is 12.1. The number of carbonyl (C=O) groups is 2. The van der Waals surface area contributed by atoms with Crippen LogP contribution in [0.1, 0.15) is 38.8 Å². The number of benzene rings is 2. The average molecular weight is 586 g/mol. The van der Waals surface area contributed by atoms with E-state index in [0.29, 0.717) is 5.56 Å². The second-order valence-electron chi connectivity index (χ2n) is 10.2. The van der Waals surface area contributed by atoms with E-state index in [1.807, 2.05) is 0 Å². The number of β-lactam (4-membered cyclic amide) rings is 1. The Morgan fingerprint density at radius 1 is 1.20 bits per heavy atom. The van der Waals surface area contributed by atoms with E-state index >= 15 is 0 Å². The molecule has 1 aliphatic heterocycles. The van der Waals surface area contributed by atoms with Crippen molar-refractivity contribution in [3.63, 3.8) is 0 Å². The second-order valence-corrected chi connectivity index (χ2v) is 11.0. The van der Waals surface area contributed by atoms with E-state index < -0.39 is 39.6 Å². The van der Waals surface area contributed by atoms with Crippen LogP contribution in [0.5, 0.6) is 5.75 Å². The van der Waals surface area contributed by atoms with Crippen molar-refractivity contribution in [1.29, 1.82) is 5.26 Å². The number of likely N-dealkylation sites (tertiary alicyclic amines) is 1. The number of nitriles is 1. The number of thiocarbonyl (C=S) groups is 1. The molecular weight excluding hydrogens is 558 g/mol. The third-order valence-corrected chi connectivity index (χ3v) is 6.84. The smallest absolute Gasteiger partial charge is 0.269 e. The second kappa shape index (κ2) is 12.6. The normalized spacial score (nSPS) is 18.1. The highest BCUT2D eigenvalue weighted by Crippen LogP contribution is 2.39. The Bertz CT molecular complexity index is 1380. The first-order valence-corrected chi connectivity index (χ1v) is 13.1. The Hall–Kier alpha value is -3.85. The van der Waals surface area contributed by atoms with Crippen LogP contribution in [0.25, 0.3) is 0 Å². The number of rotatable bonds is 10. The minimum Gasteiger partial charge on any atom is -0.477 e. The first-order chi connectivity index (χ1) is 18.8. The number of hydrogen-bond donors (Lipinski definition) is 1. The number of Topliss-reactive ketones (excluding diaryl/α,β-unsaturated/α-hetero) is 1. The lowest BCUT2D eigenvalue weighted by atomic mass is 9.87. The third kappa shape index (κ3) is 6.83. The van der Waals surface area contributed by atoms with E-state index in [0.717, 1.165) is 10.5 Å². The molecule has 2 aromatic carbocycles. The molecule has 0 radical (unpaired) electrons. The number of carbonyl (C=O) groups excluding carboxylic acids is 2. The summed E-state index contributed by atoms with van der Waals surface area (Å²) in [6.45, 7) is 6.31. The van der Waals surface area contributed by atoms with Crippen molar-refractivity contribution in [3.8, 4) is 11.8 Å². The third-order valence-electron chi connectivity index (χ3n) is 6.07. The van der Waals surface area contributed by atoms with Gasteiger partial charge in [0.1, 0.15) is 23.6 Å².